The zero-order chi connectivity index (χ0) is 22.9. The molecule has 2 aromatic carbocycles. The molecular weight excluding hydrogens is 444 g/mol. The molecule has 1 aliphatic rings. The Kier molecular flexibility index (Phi) is 6.26. The van der Waals surface area contributed by atoms with Gasteiger partial charge < -0.3 is 9.64 Å². The second kappa shape index (κ2) is 8.96. The van der Waals surface area contributed by atoms with Crippen LogP contribution in [0.2, 0.25) is 0 Å². The van der Waals surface area contributed by atoms with E-state index in [1.165, 1.54) is 9.18 Å². The largest absolute Gasteiger partial charge is 0.497 e. The molecule has 3 aromatic rings. The van der Waals surface area contributed by atoms with Crippen LogP contribution in [0.15, 0.2) is 58.8 Å². The van der Waals surface area contributed by atoms with Crippen LogP contribution in [0.3, 0.4) is 0 Å². The van der Waals surface area contributed by atoms with Crippen LogP contribution in [0.5, 0.6) is 5.75 Å². The van der Waals surface area contributed by atoms with Gasteiger partial charge in [0.2, 0.25) is 5.91 Å². The minimum absolute atomic E-state index is 0.208. The second-order valence-corrected chi connectivity index (χ2v) is 10.7. The van der Waals surface area contributed by atoms with Crippen molar-refractivity contribution >= 4 is 33.0 Å². The fraction of sp³-hybridized carbons (Fsp3) is 0.292. The first-order valence-corrected chi connectivity index (χ1v) is 12.7. The van der Waals surface area contributed by atoms with Crippen molar-refractivity contribution in [2.75, 3.05) is 24.5 Å². The average molecular weight is 471 g/mol. The van der Waals surface area contributed by atoms with Gasteiger partial charge in [-0.2, -0.15) is 0 Å². The van der Waals surface area contributed by atoms with Crippen LogP contribution in [0, 0.1) is 13.8 Å². The van der Waals surface area contributed by atoms with Crippen molar-refractivity contribution in [1.29, 1.82) is 0 Å². The summed E-state index contributed by atoms with van der Waals surface area (Å²) in [6.07, 6.45) is 0.797. The topological polar surface area (TPSA) is 66.9 Å². The maximum absolute atomic E-state index is 13.8. The number of hydrogen-bond acceptors (Lipinski definition) is 5. The SMILES string of the molecule is COc1ccc(N(CC(=O)N2CCc3sccc3C2)S(=O)(=O)c2cc(C)ccc2C)cc1. The van der Waals surface area contributed by atoms with Gasteiger partial charge in [0.15, 0.2) is 0 Å². The van der Waals surface area contributed by atoms with Gasteiger partial charge in [-0.15, -0.1) is 11.3 Å². The number of benzene rings is 2. The number of aryl methyl sites for hydroxylation is 2. The number of carbonyl (C=O) groups excluding carboxylic acids is 1. The Morgan fingerprint density at radius 3 is 2.59 bits per heavy atom. The van der Waals surface area contributed by atoms with Crippen LogP contribution in [-0.4, -0.2) is 39.4 Å². The Morgan fingerprint density at radius 1 is 1.12 bits per heavy atom. The highest BCUT2D eigenvalue weighted by atomic mass is 32.2. The van der Waals surface area contributed by atoms with E-state index < -0.39 is 10.0 Å². The number of methoxy groups -OCH3 is 1. The molecule has 0 saturated heterocycles. The number of ether oxygens (including phenoxy) is 1. The molecule has 0 bridgehead atoms. The van der Waals surface area contributed by atoms with Gasteiger partial charge in [0.1, 0.15) is 12.3 Å². The molecule has 0 saturated carbocycles. The summed E-state index contributed by atoms with van der Waals surface area (Å²) in [6.45, 7) is 4.46. The number of sulfonamides is 1. The van der Waals surface area contributed by atoms with E-state index in [4.69, 9.17) is 4.74 Å². The van der Waals surface area contributed by atoms with Gasteiger partial charge in [0.25, 0.3) is 10.0 Å². The van der Waals surface area contributed by atoms with Crippen molar-refractivity contribution in [1.82, 2.24) is 4.90 Å². The lowest BCUT2D eigenvalue weighted by molar-refractivity contribution is -0.130. The number of amides is 1. The fourth-order valence-corrected chi connectivity index (χ4v) is 6.47. The first kappa shape index (κ1) is 22.4. The molecule has 1 aromatic heterocycles. The number of rotatable bonds is 6. The van der Waals surface area contributed by atoms with Gasteiger partial charge in [0.05, 0.1) is 17.7 Å². The van der Waals surface area contributed by atoms with Crippen molar-refractivity contribution < 1.29 is 17.9 Å². The Balaban J connectivity index is 1.69. The number of carbonyl (C=O) groups is 1. The van der Waals surface area contributed by atoms with Gasteiger partial charge in [-0.05, 0) is 78.7 Å². The van der Waals surface area contributed by atoms with E-state index in [1.54, 1.807) is 66.7 Å². The lowest BCUT2D eigenvalue weighted by Crippen LogP contribution is -2.44. The molecule has 4 rings (SSSR count). The Bertz CT molecular complexity index is 1230. The fourth-order valence-electron chi connectivity index (χ4n) is 3.85. The molecule has 0 unspecified atom stereocenters. The Hall–Kier alpha value is -2.84. The van der Waals surface area contributed by atoms with Crippen molar-refractivity contribution in [2.24, 2.45) is 0 Å². The van der Waals surface area contributed by atoms with Crippen molar-refractivity contribution in [3.05, 3.63) is 75.5 Å². The smallest absolute Gasteiger partial charge is 0.265 e. The van der Waals surface area contributed by atoms with E-state index in [-0.39, 0.29) is 17.3 Å². The molecule has 1 amide bonds. The molecule has 0 aliphatic carbocycles. The number of anilines is 1. The van der Waals surface area contributed by atoms with E-state index in [2.05, 4.69) is 0 Å². The number of nitrogens with zero attached hydrogens (tertiary/aromatic N) is 2. The normalized spacial score (nSPS) is 13.5. The molecule has 0 atom stereocenters. The summed E-state index contributed by atoms with van der Waals surface area (Å²) >= 11 is 1.70. The number of hydrogen-bond donors (Lipinski definition) is 0. The maximum Gasteiger partial charge on any atom is 0.265 e. The average Bonchev–Trinajstić information content (AvgIpc) is 3.26. The molecule has 0 radical (unpaired) electrons. The molecule has 1 aliphatic heterocycles. The minimum Gasteiger partial charge on any atom is -0.497 e. The van der Waals surface area contributed by atoms with Gasteiger partial charge in [-0.1, -0.05) is 12.1 Å². The van der Waals surface area contributed by atoms with Crippen LogP contribution < -0.4 is 9.04 Å². The van der Waals surface area contributed by atoms with Crippen LogP contribution in [0.1, 0.15) is 21.6 Å². The summed E-state index contributed by atoms with van der Waals surface area (Å²) in [5.41, 5.74) is 3.05. The number of fused-ring (bicyclic) bond motifs is 1. The molecule has 0 N–H and O–H groups in total. The zero-order valence-electron chi connectivity index (χ0n) is 18.4. The van der Waals surface area contributed by atoms with Crippen molar-refractivity contribution in [3.63, 3.8) is 0 Å². The second-order valence-electron chi connectivity index (χ2n) is 7.91. The molecule has 2 heterocycles. The van der Waals surface area contributed by atoms with Gasteiger partial charge in [-0.25, -0.2) is 8.42 Å². The Morgan fingerprint density at radius 2 is 1.88 bits per heavy atom. The predicted molar refractivity (Wildman–Crippen MR) is 127 cm³/mol. The first-order chi connectivity index (χ1) is 15.3. The van der Waals surface area contributed by atoms with Gasteiger partial charge >= 0.3 is 0 Å². The van der Waals surface area contributed by atoms with E-state index >= 15 is 0 Å². The summed E-state index contributed by atoms with van der Waals surface area (Å²) in [5.74, 6) is 0.400. The molecule has 0 fully saturated rings. The van der Waals surface area contributed by atoms with Crippen LogP contribution in [0.25, 0.3) is 0 Å². The monoisotopic (exact) mass is 470 g/mol. The van der Waals surface area contributed by atoms with Crippen molar-refractivity contribution in [3.8, 4) is 5.75 Å². The van der Waals surface area contributed by atoms with Crippen LogP contribution in [0.4, 0.5) is 5.69 Å². The standard InChI is InChI=1S/C24H26N2O4S2/c1-17-4-5-18(2)23(14-17)32(28,29)26(20-6-8-21(30-3)9-7-20)16-24(27)25-12-10-22-19(15-25)11-13-31-22/h4-9,11,13-14H,10,12,15-16H2,1-3H3. The molecule has 0 spiro atoms. The van der Waals surface area contributed by atoms with Crippen molar-refractivity contribution in [2.45, 2.75) is 31.7 Å². The number of thiophene rings is 1. The first-order valence-electron chi connectivity index (χ1n) is 10.4. The summed E-state index contributed by atoms with van der Waals surface area (Å²) in [5, 5.41) is 2.03. The molecule has 8 heteroatoms. The van der Waals surface area contributed by atoms with Crippen LogP contribution in [-0.2, 0) is 27.8 Å². The van der Waals surface area contributed by atoms with E-state index in [9.17, 15) is 13.2 Å². The molecule has 168 valence electrons. The molecule has 6 nitrogen and oxygen atoms in total. The van der Waals surface area contributed by atoms with Crippen LogP contribution >= 0.6 is 11.3 Å². The van der Waals surface area contributed by atoms with Gasteiger partial charge in [0, 0.05) is 18.0 Å². The quantitative estimate of drug-likeness (QED) is 0.543. The third kappa shape index (κ3) is 4.38. The lowest BCUT2D eigenvalue weighted by atomic mass is 10.1. The highest BCUT2D eigenvalue weighted by Gasteiger charge is 2.31. The minimum atomic E-state index is -3.96. The predicted octanol–water partition coefficient (Wildman–Crippen LogP) is 4.15. The zero-order valence-corrected chi connectivity index (χ0v) is 20.0. The Labute approximate surface area is 193 Å². The van der Waals surface area contributed by atoms with E-state index in [0.29, 0.717) is 30.1 Å². The third-order valence-corrected chi connectivity index (χ3v) is 8.65. The van der Waals surface area contributed by atoms with E-state index in [0.717, 1.165) is 17.5 Å². The highest BCUT2D eigenvalue weighted by molar-refractivity contribution is 7.93. The molecule has 32 heavy (non-hydrogen) atoms. The summed E-state index contributed by atoms with van der Waals surface area (Å²) < 4.78 is 33.9. The summed E-state index contributed by atoms with van der Waals surface area (Å²) in [6, 6.07) is 14.1. The lowest BCUT2D eigenvalue weighted by Gasteiger charge is -2.31. The summed E-state index contributed by atoms with van der Waals surface area (Å²) in [7, 11) is -2.41. The van der Waals surface area contributed by atoms with E-state index in [1.807, 2.05) is 24.4 Å². The van der Waals surface area contributed by atoms with Gasteiger partial charge in [-0.3, -0.25) is 9.10 Å². The summed E-state index contributed by atoms with van der Waals surface area (Å²) in [4.78, 5) is 16.5. The molecular formula is C24H26N2O4S2. The maximum atomic E-state index is 13.8. The highest BCUT2D eigenvalue weighted by Crippen LogP contribution is 2.29. The third-order valence-electron chi connectivity index (χ3n) is 5.71.